The number of hydrogen-bond acceptors (Lipinski definition) is 7. The van der Waals surface area contributed by atoms with Gasteiger partial charge in [0.15, 0.2) is 6.67 Å². The molecule has 0 radical (unpaired) electrons. The topological polar surface area (TPSA) is 117 Å². The molecule has 16 heavy (non-hydrogen) atoms. The van der Waals surface area contributed by atoms with E-state index < -0.39 is 37.1 Å². The third kappa shape index (κ3) is 4.67. The maximum absolute atomic E-state index is 11.7. The smallest absolute Gasteiger partial charge is 0.370 e. The molecule has 0 aromatic carbocycles. The Balaban J connectivity index is 4.34. The summed E-state index contributed by atoms with van der Waals surface area (Å²) in [6.45, 7) is -1.52. The van der Waals surface area contributed by atoms with Gasteiger partial charge < -0.3 is 9.47 Å². The lowest BCUT2D eigenvalue weighted by molar-refractivity contribution is -0.170. The normalized spacial score (nSPS) is 10.4. The molecule has 0 amide bonds. The molecule has 0 N–H and O–H groups in total. The van der Waals surface area contributed by atoms with Crippen molar-refractivity contribution in [2.45, 2.75) is 12.5 Å². The summed E-state index contributed by atoms with van der Waals surface area (Å²) in [5.41, 5.74) is 0. The minimum absolute atomic E-state index is 0.694. The van der Waals surface area contributed by atoms with Gasteiger partial charge in [-0.3, -0.25) is 4.79 Å². The van der Waals surface area contributed by atoms with E-state index in [2.05, 4.69) is 9.47 Å². The fraction of sp³-hybridized carbons (Fsp3) is 0.375. The summed E-state index contributed by atoms with van der Waals surface area (Å²) in [6, 6.07) is 2.60. The molecular formula is C8H5FN2O5. The van der Waals surface area contributed by atoms with Gasteiger partial charge >= 0.3 is 17.9 Å². The van der Waals surface area contributed by atoms with Crippen molar-refractivity contribution in [2.75, 3.05) is 6.67 Å². The minimum atomic E-state index is -2.02. The molecule has 0 rings (SSSR count). The van der Waals surface area contributed by atoms with Crippen LogP contribution in [0.1, 0.15) is 6.42 Å². The lowest BCUT2D eigenvalue weighted by Crippen LogP contribution is -2.30. The van der Waals surface area contributed by atoms with Crippen LogP contribution in [-0.4, -0.2) is 30.7 Å². The van der Waals surface area contributed by atoms with Crippen LogP contribution in [0.25, 0.3) is 0 Å². The number of alkyl halides is 1. The third-order valence-electron chi connectivity index (χ3n) is 1.13. The number of nitrogens with zero attached hydrogens (tertiary/aromatic N) is 2. The standard InChI is InChI=1S/C8H5FN2O5/c9-3-7(13)15-5(4-11)8(14)16-6(12)1-2-10/h5H,1,3H2. The fourth-order valence-corrected chi connectivity index (χ4v) is 0.556. The molecule has 1 atom stereocenters. The van der Waals surface area contributed by atoms with Crippen molar-refractivity contribution in [3.63, 3.8) is 0 Å². The first kappa shape index (κ1) is 13.5. The van der Waals surface area contributed by atoms with E-state index in [0.29, 0.717) is 0 Å². The van der Waals surface area contributed by atoms with Crippen LogP contribution in [0.2, 0.25) is 0 Å². The van der Waals surface area contributed by atoms with Crippen molar-refractivity contribution in [2.24, 2.45) is 0 Å². The quantitative estimate of drug-likeness (QED) is 0.464. The fourth-order valence-electron chi connectivity index (χ4n) is 0.556. The Kier molecular flexibility index (Phi) is 5.83. The van der Waals surface area contributed by atoms with Gasteiger partial charge in [-0.05, 0) is 0 Å². The first-order valence-corrected chi connectivity index (χ1v) is 3.81. The van der Waals surface area contributed by atoms with Crippen molar-refractivity contribution < 1.29 is 28.2 Å². The summed E-state index contributed by atoms with van der Waals surface area (Å²) in [6.07, 6.45) is -2.72. The van der Waals surface area contributed by atoms with Crippen LogP contribution in [-0.2, 0) is 23.9 Å². The van der Waals surface area contributed by atoms with Gasteiger partial charge in [0, 0.05) is 0 Å². The highest BCUT2D eigenvalue weighted by atomic mass is 19.1. The highest BCUT2D eigenvalue weighted by Crippen LogP contribution is 1.98. The molecule has 0 aliphatic rings. The Labute approximate surface area is 89.0 Å². The van der Waals surface area contributed by atoms with Crippen molar-refractivity contribution in [3.05, 3.63) is 0 Å². The van der Waals surface area contributed by atoms with Crippen LogP contribution in [0, 0.1) is 22.7 Å². The minimum Gasteiger partial charge on any atom is -0.433 e. The lowest BCUT2D eigenvalue weighted by atomic mass is 10.4. The maximum atomic E-state index is 11.7. The molecule has 0 aliphatic heterocycles. The molecule has 0 heterocycles. The summed E-state index contributed by atoms with van der Waals surface area (Å²) in [7, 11) is 0. The van der Waals surface area contributed by atoms with E-state index in [-0.39, 0.29) is 0 Å². The Morgan fingerprint density at radius 3 is 2.31 bits per heavy atom. The molecule has 8 heteroatoms. The van der Waals surface area contributed by atoms with Gasteiger partial charge in [-0.25, -0.2) is 14.0 Å². The first-order valence-electron chi connectivity index (χ1n) is 3.81. The van der Waals surface area contributed by atoms with Gasteiger partial charge in [-0.15, -0.1) is 0 Å². The first-order chi connectivity index (χ1) is 7.54. The number of hydrogen-bond donors (Lipinski definition) is 0. The number of halogens is 1. The number of esters is 3. The Morgan fingerprint density at radius 2 is 1.88 bits per heavy atom. The zero-order chi connectivity index (χ0) is 12.6. The molecule has 0 saturated carbocycles. The van der Waals surface area contributed by atoms with Crippen molar-refractivity contribution >= 4 is 17.9 Å². The number of carbonyl (C=O) groups is 3. The van der Waals surface area contributed by atoms with Gasteiger partial charge in [-0.2, -0.15) is 10.5 Å². The van der Waals surface area contributed by atoms with E-state index in [0.717, 1.165) is 0 Å². The predicted molar refractivity (Wildman–Crippen MR) is 42.8 cm³/mol. The SMILES string of the molecule is N#CCC(=O)OC(=O)C(C#N)OC(=O)CF. The van der Waals surface area contributed by atoms with Gasteiger partial charge in [0.05, 0.1) is 6.07 Å². The molecular weight excluding hydrogens is 223 g/mol. The van der Waals surface area contributed by atoms with Crippen LogP contribution in [0.3, 0.4) is 0 Å². The number of rotatable bonds is 4. The van der Waals surface area contributed by atoms with E-state index >= 15 is 0 Å². The van der Waals surface area contributed by atoms with Crippen LogP contribution in [0.5, 0.6) is 0 Å². The van der Waals surface area contributed by atoms with E-state index in [4.69, 9.17) is 10.5 Å². The van der Waals surface area contributed by atoms with E-state index in [9.17, 15) is 18.8 Å². The Hall–Kier alpha value is -2.48. The summed E-state index contributed by atoms with van der Waals surface area (Å²) in [4.78, 5) is 32.0. The van der Waals surface area contributed by atoms with Crippen molar-refractivity contribution in [3.8, 4) is 12.1 Å². The predicted octanol–water partition coefficient (Wildman–Crippen LogP) is -0.625. The van der Waals surface area contributed by atoms with Gasteiger partial charge in [0.1, 0.15) is 12.5 Å². The molecule has 84 valence electrons. The highest BCUT2D eigenvalue weighted by Gasteiger charge is 2.26. The van der Waals surface area contributed by atoms with Crippen molar-refractivity contribution in [1.82, 2.24) is 0 Å². The summed E-state index contributed by atoms with van der Waals surface area (Å²) < 4.78 is 19.7. The molecule has 0 aromatic heterocycles. The average Bonchev–Trinajstić information content (AvgIpc) is 2.25. The molecule has 0 bridgehead atoms. The van der Waals surface area contributed by atoms with Crippen LogP contribution >= 0.6 is 0 Å². The van der Waals surface area contributed by atoms with Crippen LogP contribution < -0.4 is 0 Å². The molecule has 0 aliphatic carbocycles. The number of nitriles is 2. The lowest BCUT2D eigenvalue weighted by Gasteiger charge is -2.07. The van der Waals surface area contributed by atoms with Gasteiger partial charge in [-0.1, -0.05) is 0 Å². The molecule has 0 aromatic rings. The molecule has 0 spiro atoms. The average molecular weight is 228 g/mol. The van der Waals surface area contributed by atoms with E-state index in [1.54, 1.807) is 0 Å². The molecule has 0 fully saturated rings. The monoisotopic (exact) mass is 228 g/mol. The second-order valence-corrected chi connectivity index (χ2v) is 2.26. The van der Waals surface area contributed by atoms with E-state index in [1.807, 2.05) is 0 Å². The number of carbonyl (C=O) groups excluding carboxylic acids is 3. The zero-order valence-electron chi connectivity index (χ0n) is 7.81. The highest BCUT2D eigenvalue weighted by molar-refractivity contribution is 5.91. The maximum Gasteiger partial charge on any atom is 0.370 e. The number of ether oxygens (including phenoxy) is 2. The van der Waals surface area contributed by atoms with E-state index in [1.165, 1.54) is 12.1 Å². The summed E-state index contributed by atoms with van der Waals surface area (Å²) in [5, 5.41) is 16.4. The van der Waals surface area contributed by atoms with Crippen LogP contribution in [0.4, 0.5) is 4.39 Å². The summed E-state index contributed by atoms with van der Waals surface area (Å²) >= 11 is 0. The Morgan fingerprint density at radius 1 is 1.25 bits per heavy atom. The molecule has 0 saturated heterocycles. The zero-order valence-corrected chi connectivity index (χ0v) is 7.81. The summed E-state index contributed by atoms with van der Waals surface area (Å²) in [5.74, 6) is -4.09. The second-order valence-electron chi connectivity index (χ2n) is 2.26. The van der Waals surface area contributed by atoms with Gasteiger partial charge in [0.2, 0.25) is 0 Å². The van der Waals surface area contributed by atoms with Crippen molar-refractivity contribution in [1.29, 1.82) is 10.5 Å². The van der Waals surface area contributed by atoms with Gasteiger partial charge in [0.25, 0.3) is 6.10 Å². The third-order valence-corrected chi connectivity index (χ3v) is 1.13. The Bertz CT molecular complexity index is 381. The largest absolute Gasteiger partial charge is 0.433 e. The second kappa shape index (κ2) is 6.90. The molecule has 1 unspecified atom stereocenters. The van der Waals surface area contributed by atoms with Crippen LogP contribution in [0.15, 0.2) is 0 Å². The molecule has 7 nitrogen and oxygen atoms in total.